The van der Waals surface area contributed by atoms with Crippen LogP contribution >= 0.6 is 0 Å². The van der Waals surface area contributed by atoms with Gasteiger partial charge >= 0.3 is 34.4 Å². The number of aliphatic carboxylic acids is 1. The Morgan fingerprint density at radius 2 is 1.58 bits per heavy atom. The minimum absolute atomic E-state index is 0.00498. The van der Waals surface area contributed by atoms with Crippen LogP contribution in [0, 0.1) is 5.92 Å². The molecule has 1 atom stereocenters. The summed E-state index contributed by atoms with van der Waals surface area (Å²) < 4.78 is 13.3. The van der Waals surface area contributed by atoms with Gasteiger partial charge in [0.15, 0.2) is 0 Å². The van der Waals surface area contributed by atoms with Crippen molar-refractivity contribution in [1.29, 1.82) is 0 Å². The number of carbonyl (C=O) groups is 3. The molecule has 0 aliphatic carbocycles. The van der Waals surface area contributed by atoms with Gasteiger partial charge in [-0.1, -0.05) is 42.1 Å². The molecule has 0 aliphatic rings. The molecule has 12 nitrogen and oxygen atoms in total. The fourth-order valence-corrected chi connectivity index (χ4v) is 3.12. The van der Waals surface area contributed by atoms with Crippen LogP contribution in [0.4, 0.5) is 4.79 Å². The summed E-state index contributed by atoms with van der Waals surface area (Å²) in [5.41, 5.74) is 0.777. The molecule has 0 aromatic heterocycles. The SMILES string of the molecule is O=C(CC(CN=C([O-])C[S-])CN=C([O-])C[S-])NCCCC[C@H](NC(=O)OCc1ccccc1)C(=O)O.[O]=[99Tc+4]. The summed E-state index contributed by atoms with van der Waals surface area (Å²) in [5, 5.41) is 37.1. The van der Waals surface area contributed by atoms with Crippen molar-refractivity contribution in [3.05, 3.63) is 35.9 Å². The van der Waals surface area contributed by atoms with E-state index in [2.05, 4.69) is 45.9 Å². The number of carboxylic acids is 1. The molecule has 0 saturated heterocycles. The number of nitrogens with zero attached hydrogens (tertiary/aromatic N) is 2. The second-order valence-corrected chi connectivity index (χ2v) is 8.35. The Morgan fingerprint density at radius 3 is 2.11 bits per heavy atom. The molecule has 2 amide bonds. The molecule has 15 heteroatoms. The number of alkyl carbamates (subject to hydrolysis) is 1. The van der Waals surface area contributed by atoms with Crippen LogP contribution in [-0.4, -0.2) is 72.1 Å². The Kier molecular flexibility index (Phi) is 21.0. The van der Waals surface area contributed by atoms with Crippen LogP contribution in [0.5, 0.6) is 0 Å². The van der Waals surface area contributed by atoms with E-state index in [1.54, 1.807) is 24.3 Å². The third-order valence-corrected chi connectivity index (χ3v) is 5.31. The van der Waals surface area contributed by atoms with Crippen molar-refractivity contribution in [3.63, 3.8) is 0 Å². The van der Waals surface area contributed by atoms with E-state index in [1.165, 1.54) is 0 Å². The van der Waals surface area contributed by atoms with Gasteiger partial charge in [0.25, 0.3) is 0 Å². The van der Waals surface area contributed by atoms with E-state index >= 15 is 0 Å². The van der Waals surface area contributed by atoms with Crippen molar-refractivity contribution in [2.75, 3.05) is 31.1 Å². The first-order valence-corrected chi connectivity index (χ1v) is 13.4. The second kappa shape index (κ2) is 22.5. The molecular weight excluding hydrogens is 623 g/mol. The van der Waals surface area contributed by atoms with E-state index < -0.39 is 35.8 Å². The molecule has 38 heavy (non-hydrogen) atoms. The predicted molar refractivity (Wildman–Crippen MR) is 136 cm³/mol. The monoisotopic (exact) mass is 653 g/mol. The Bertz CT molecular complexity index is 887. The van der Waals surface area contributed by atoms with Crippen LogP contribution in [0.15, 0.2) is 40.3 Å². The molecule has 0 heterocycles. The number of unbranched alkanes of at least 4 members (excludes halogenated alkanes) is 1. The van der Waals surface area contributed by atoms with Gasteiger partial charge in [-0.15, -0.1) is 11.5 Å². The van der Waals surface area contributed by atoms with Crippen molar-refractivity contribution in [2.45, 2.75) is 38.3 Å². The summed E-state index contributed by atoms with van der Waals surface area (Å²) in [5.74, 6) is -3.25. The fourth-order valence-electron chi connectivity index (χ4n) is 2.94. The summed E-state index contributed by atoms with van der Waals surface area (Å²) in [6.07, 6.45) is 0.210. The van der Waals surface area contributed by atoms with Crippen LogP contribution in [0.1, 0.15) is 31.2 Å². The van der Waals surface area contributed by atoms with Crippen LogP contribution in [-0.2, 0) is 68.5 Å². The quantitative estimate of drug-likeness (QED) is 0.0826. The molecule has 3 N–H and O–H groups in total. The van der Waals surface area contributed by atoms with Gasteiger partial charge in [0, 0.05) is 32.0 Å². The van der Waals surface area contributed by atoms with E-state index in [-0.39, 0.29) is 56.5 Å². The number of benzene rings is 1. The fraction of sp³-hybridized carbons (Fsp3) is 0.522. The van der Waals surface area contributed by atoms with Gasteiger partial charge in [-0.2, -0.15) is 0 Å². The van der Waals surface area contributed by atoms with Gasteiger partial charge in [-0.05, 0) is 24.8 Å². The van der Waals surface area contributed by atoms with Crippen molar-refractivity contribution in [3.8, 4) is 0 Å². The molecular formula is C23H30N4O8S2Tc. The predicted octanol–water partition coefficient (Wildman–Crippen LogP) is -0.851. The number of carbonyl (C=O) groups excluding carboxylic acids is 2. The van der Waals surface area contributed by atoms with Crippen LogP contribution in [0.3, 0.4) is 0 Å². The zero-order valence-corrected chi connectivity index (χ0v) is 24.0. The van der Waals surface area contributed by atoms with Crippen molar-refractivity contribution < 1.29 is 56.8 Å². The standard InChI is InChI=1S/C23H34N4O7S2.O.Tc/c28-19(10-17(11-25-20(29)14-35)12-26-21(30)15-36)24-9-5-4-8-18(22(31)32)27-23(33)34-13-16-6-2-1-3-7-16;;/h1-3,6-7,17-18,35-36H,4-5,8-15H2,(H,24,28)(H,25,29)(H,26,30)(H,27,33)(H,31,32);;/q;;+4/p-4/t18-;;/m0../s1/i;;1+1. The Labute approximate surface area is 243 Å². The topological polar surface area (TPSA) is 193 Å². The molecule has 0 bridgehead atoms. The summed E-state index contributed by atoms with van der Waals surface area (Å²) in [6, 6.07) is 7.86. The number of rotatable bonds is 17. The Hall–Kier alpha value is -2.48. The number of aliphatic imine (C=N–C) groups is 2. The number of nitrogens with one attached hydrogen (secondary N) is 2. The van der Waals surface area contributed by atoms with Crippen LogP contribution in [0.25, 0.3) is 0 Å². The number of ether oxygens (including phenoxy) is 1. The first-order chi connectivity index (χ1) is 18.2. The molecule has 1 aromatic rings. The molecule has 0 unspecified atom stereocenters. The summed E-state index contributed by atoms with van der Waals surface area (Å²) in [4.78, 5) is 43.2. The summed E-state index contributed by atoms with van der Waals surface area (Å²) in [7, 11) is 0. The van der Waals surface area contributed by atoms with Gasteiger partial charge in [0.1, 0.15) is 12.6 Å². The molecule has 1 aromatic carbocycles. The minimum atomic E-state index is -1.19. The average molecular weight is 654 g/mol. The molecule has 0 saturated carbocycles. The maximum atomic E-state index is 12.2. The van der Waals surface area contributed by atoms with E-state index in [0.717, 1.165) is 24.4 Å². The van der Waals surface area contributed by atoms with Crippen LogP contribution in [0.2, 0.25) is 0 Å². The summed E-state index contributed by atoms with van der Waals surface area (Å²) in [6.45, 7) is 0.336. The second-order valence-electron chi connectivity index (χ2n) is 7.77. The summed E-state index contributed by atoms with van der Waals surface area (Å²) >= 11 is 10.2. The Morgan fingerprint density at radius 1 is 1.00 bits per heavy atom. The van der Waals surface area contributed by atoms with Crippen molar-refractivity contribution in [2.24, 2.45) is 15.9 Å². The van der Waals surface area contributed by atoms with E-state index in [9.17, 15) is 29.7 Å². The van der Waals surface area contributed by atoms with E-state index in [0.29, 0.717) is 12.8 Å². The van der Waals surface area contributed by atoms with Gasteiger partial charge in [-0.25, -0.2) is 9.59 Å². The van der Waals surface area contributed by atoms with Gasteiger partial charge < -0.3 is 65.9 Å². The normalized spacial score (nSPS) is 12.9. The van der Waals surface area contributed by atoms with Gasteiger partial charge in [0.05, 0.1) is 0 Å². The molecule has 0 aliphatic heterocycles. The number of amides is 2. The third kappa shape index (κ3) is 17.9. The molecule has 209 valence electrons. The van der Waals surface area contributed by atoms with Gasteiger partial charge in [-0.3, -0.25) is 4.79 Å². The number of hydrogen-bond acceptors (Lipinski definition) is 11. The molecule has 1 rings (SSSR count). The third-order valence-electron chi connectivity index (χ3n) is 4.82. The van der Waals surface area contributed by atoms with Crippen molar-refractivity contribution in [1.82, 2.24) is 10.6 Å². The van der Waals surface area contributed by atoms with Gasteiger partial charge in [0.2, 0.25) is 5.91 Å². The molecule has 0 fully saturated rings. The molecule has 0 radical (unpaired) electrons. The van der Waals surface area contributed by atoms with E-state index in [4.69, 9.17) is 8.24 Å². The number of hydrogen-bond donors (Lipinski definition) is 3. The van der Waals surface area contributed by atoms with Crippen LogP contribution < -0.4 is 20.8 Å². The van der Waals surface area contributed by atoms with Crippen molar-refractivity contribution >= 4 is 55.0 Å². The maximum absolute atomic E-state index is 12.2. The first kappa shape index (κ1) is 35.5. The van der Waals surface area contributed by atoms with E-state index in [1.807, 2.05) is 6.07 Å². The Balaban J connectivity index is 0.00000667. The zero-order chi connectivity index (χ0) is 28.8. The average Bonchev–Trinajstić information content (AvgIpc) is 2.93. The number of carboxylic acid groups (broad SMARTS) is 1. The first-order valence-electron chi connectivity index (χ1n) is 11.4. The zero-order valence-electron chi connectivity index (χ0n) is 20.5. The molecule has 0 spiro atoms.